The Balaban J connectivity index is 2.05. The number of anilines is 1. The Morgan fingerprint density at radius 2 is 2.20 bits per heavy atom. The molecule has 1 amide bonds. The number of aromatic nitrogens is 1. The monoisotopic (exact) mass is 292 g/mol. The SMILES string of the molecule is Cc1nc(N/C=C(/C#N)C(=O)N2CCOCC2)sc1C. The van der Waals surface area contributed by atoms with E-state index in [-0.39, 0.29) is 11.5 Å². The van der Waals surface area contributed by atoms with E-state index >= 15 is 0 Å². The molecule has 0 aliphatic carbocycles. The van der Waals surface area contributed by atoms with Gasteiger partial charge in [0.05, 0.1) is 18.9 Å². The lowest BCUT2D eigenvalue weighted by molar-refractivity contribution is -0.130. The molecule has 0 aromatic carbocycles. The summed E-state index contributed by atoms with van der Waals surface area (Å²) in [7, 11) is 0. The molecule has 0 radical (unpaired) electrons. The first-order valence-corrected chi connectivity index (χ1v) is 7.11. The lowest BCUT2D eigenvalue weighted by Gasteiger charge is -2.26. The summed E-state index contributed by atoms with van der Waals surface area (Å²) in [6.07, 6.45) is 1.43. The maximum absolute atomic E-state index is 12.1. The number of nitrogens with one attached hydrogen (secondary N) is 1. The van der Waals surface area contributed by atoms with Gasteiger partial charge in [0.25, 0.3) is 5.91 Å². The smallest absolute Gasteiger partial charge is 0.266 e. The van der Waals surface area contributed by atoms with E-state index in [1.54, 1.807) is 4.90 Å². The van der Waals surface area contributed by atoms with Crippen LogP contribution in [0.15, 0.2) is 11.8 Å². The minimum atomic E-state index is -0.270. The van der Waals surface area contributed by atoms with Gasteiger partial charge in [-0.2, -0.15) is 5.26 Å². The number of hydrogen-bond acceptors (Lipinski definition) is 6. The highest BCUT2D eigenvalue weighted by Gasteiger charge is 2.20. The average Bonchev–Trinajstić information content (AvgIpc) is 2.79. The van der Waals surface area contributed by atoms with Crippen molar-refractivity contribution in [3.05, 3.63) is 22.3 Å². The molecule has 20 heavy (non-hydrogen) atoms. The normalized spacial score (nSPS) is 15.8. The van der Waals surface area contributed by atoms with E-state index in [1.807, 2.05) is 19.9 Å². The topological polar surface area (TPSA) is 78.2 Å². The fraction of sp³-hybridized carbons (Fsp3) is 0.462. The summed E-state index contributed by atoms with van der Waals surface area (Å²) in [6.45, 7) is 5.98. The van der Waals surface area contributed by atoms with E-state index in [2.05, 4.69) is 10.3 Å². The van der Waals surface area contributed by atoms with Crippen molar-refractivity contribution in [1.29, 1.82) is 5.26 Å². The molecular weight excluding hydrogens is 276 g/mol. The van der Waals surface area contributed by atoms with Gasteiger partial charge in [-0.15, -0.1) is 11.3 Å². The molecule has 106 valence electrons. The number of nitriles is 1. The van der Waals surface area contributed by atoms with Gasteiger partial charge < -0.3 is 15.0 Å². The number of amides is 1. The molecule has 2 rings (SSSR count). The number of thiazole rings is 1. The van der Waals surface area contributed by atoms with Crippen LogP contribution in [0.4, 0.5) is 5.13 Å². The molecule has 0 bridgehead atoms. The standard InChI is InChI=1S/C13H16N4O2S/c1-9-10(2)20-13(16-9)15-8-11(7-14)12(18)17-3-5-19-6-4-17/h8H,3-6H2,1-2H3,(H,15,16)/b11-8-. The van der Waals surface area contributed by atoms with Gasteiger partial charge in [0, 0.05) is 24.2 Å². The largest absolute Gasteiger partial charge is 0.378 e. The van der Waals surface area contributed by atoms with E-state index < -0.39 is 0 Å². The lowest BCUT2D eigenvalue weighted by Crippen LogP contribution is -2.41. The van der Waals surface area contributed by atoms with E-state index in [0.29, 0.717) is 31.4 Å². The number of aryl methyl sites for hydroxylation is 2. The van der Waals surface area contributed by atoms with E-state index in [0.717, 1.165) is 10.6 Å². The first-order valence-electron chi connectivity index (χ1n) is 6.29. The van der Waals surface area contributed by atoms with Gasteiger partial charge >= 0.3 is 0 Å². The number of hydrogen-bond donors (Lipinski definition) is 1. The number of carbonyl (C=O) groups is 1. The van der Waals surface area contributed by atoms with Crippen LogP contribution in [0.25, 0.3) is 0 Å². The molecule has 0 atom stereocenters. The second kappa shape index (κ2) is 6.50. The van der Waals surface area contributed by atoms with Crippen molar-refractivity contribution in [3.63, 3.8) is 0 Å². The third-order valence-corrected chi connectivity index (χ3v) is 4.02. The number of nitrogens with zero attached hydrogens (tertiary/aromatic N) is 3. The molecule has 1 saturated heterocycles. The Morgan fingerprint density at radius 1 is 1.50 bits per heavy atom. The summed E-state index contributed by atoms with van der Waals surface area (Å²) in [5.41, 5.74) is 1.03. The quantitative estimate of drug-likeness (QED) is 0.673. The summed E-state index contributed by atoms with van der Waals surface area (Å²) in [4.78, 5) is 19.2. The van der Waals surface area contributed by atoms with E-state index in [1.165, 1.54) is 17.5 Å². The predicted octanol–water partition coefficient (Wildman–Crippen LogP) is 1.44. The first kappa shape index (κ1) is 14.5. The van der Waals surface area contributed by atoms with Crippen LogP contribution in [0.3, 0.4) is 0 Å². The second-order valence-electron chi connectivity index (χ2n) is 4.38. The molecule has 1 N–H and O–H groups in total. The highest BCUT2D eigenvalue weighted by atomic mass is 32.1. The Labute approximate surface area is 121 Å². The maximum Gasteiger partial charge on any atom is 0.266 e. The summed E-state index contributed by atoms with van der Waals surface area (Å²) < 4.78 is 5.19. The summed E-state index contributed by atoms with van der Waals surface area (Å²) in [5, 5.41) is 12.7. The van der Waals surface area contributed by atoms with Crippen molar-refractivity contribution in [1.82, 2.24) is 9.88 Å². The van der Waals surface area contributed by atoms with Gasteiger partial charge in [0.15, 0.2) is 5.13 Å². The Hall–Kier alpha value is -1.91. The maximum atomic E-state index is 12.1. The van der Waals surface area contributed by atoms with Crippen molar-refractivity contribution >= 4 is 22.4 Å². The van der Waals surface area contributed by atoms with Crippen LogP contribution in [0, 0.1) is 25.2 Å². The van der Waals surface area contributed by atoms with Crippen molar-refractivity contribution in [2.24, 2.45) is 0 Å². The third kappa shape index (κ3) is 3.35. The summed E-state index contributed by atoms with van der Waals surface area (Å²) >= 11 is 1.49. The van der Waals surface area contributed by atoms with Crippen molar-refractivity contribution in [2.45, 2.75) is 13.8 Å². The molecule has 1 aromatic heterocycles. The molecule has 1 aliphatic rings. The van der Waals surface area contributed by atoms with Crippen LogP contribution in [-0.4, -0.2) is 42.1 Å². The van der Waals surface area contributed by atoms with Crippen molar-refractivity contribution in [2.75, 3.05) is 31.6 Å². The molecule has 1 aromatic rings. The molecular formula is C13H16N4O2S. The number of ether oxygens (including phenoxy) is 1. The van der Waals surface area contributed by atoms with Crippen LogP contribution < -0.4 is 5.32 Å². The van der Waals surface area contributed by atoms with Crippen molar-refractivity contribution in [3.8, 4) is 6.07 Å². The lowest BCUT2D eigenvalue weighted by atomic mass is 10.2. The molecule has 6 nitrogen and oxygen atoms in total. The Bertz CT molecular complexity index is 548. The number of carbonyl (C=O) groups excluding carboxylic acids is 1. The van der Waals surface area contributed by atoms with Crippen molar-refractivity contribution < 1.29 is 9.53 Å². The Kier molecular flexibility index (Phi) is 4.71. The van der Waals surface area contributed by atoms with E-state index in [9.17, 15) is 4.79 Å². The fourth-order valence-electron chi connectivity index (χ4n) is 1.75. The summed E-state index contributed by atoms with van der Waals surface area (Å²) in [5.74, 6) is -0.270. The van der Waals surface area contributed by atoms with Gasteiger partial charge in [0.2, 0.25) is 0 Å². The molecule has 0 unspecified atom stereocenters. The van der Waals surface area contributed by atoms with Gasteiger partial charge in [-0.25, -0.2) is 4.98 Å². The highest BCUT2D eigenvalue weighted by molar-refractivity contribution is 7.15. The minimum absolute atomic E-state index is 0.0809. The molecule has 1 aliphatic heterocycles. The number of morpholine rings is 1. The molecule has 2 heterocycles. The molecule has 0 spiro atoms. The second-order valence-corrected chi connectivity index (χ2v) is 5.58. The first-order chi connectivity index (χ1) is 9.61. The zero-order valence-electron chi connectivity index (χ0n) is 11.5. The van der Waals surface area contributed by atoms with Gasteiger partial charge in [0.1, 0.15) is 11.6 Å². The van der Waals surface area contributed by atoms with Crippen LogP contribution in [0.1, 0.15) is 10.6 Å². The molecule has 7 heteroatoms. The molecule has 1 fully saturated rings. The van der Waals surface area contributed by atoms with Gasteiger partial charge in [-0.05, 0) is 13.8 Å². The van der Waals surface area contributed by atoms with E-state index in [4.69, 9.17) is 10.00 Å². The predicted molar refractivity (Wildman–Crippen MR) is 76.3 cm³/mol. The summed E-state index contributed by atoms with van der Waals surface area (Å²) in [6, 6.07) is 1.93. The van der Waals surface area contributed by atoms with Crippen LogP contribution in [0.5, 0.6) is 0 Å². The van der Waals surface area contributed by atoms with Gasteiger partial charge in [-0.1, -0.05) is 0 Å². The average molecular weight is 292 g/mol. The Morgan fingerprint density at radius 3 is 2.75 bits per heavy atom. The fourth-order valence-corrected chi connectivity index (χ4v) is 2.53. The third-order valence-electron chi connectivity index (χ3n) is 3.02. The van der Waals surface area contributed by atoms with Crippen LogP contribution in [-0.2, 0) is 9.53 Å². The van der Waals surface area contributed by atoms with Crippen LogP contribution in [0.2, 0.25) is 0 Å². The molecule has 0 saturated carbocycles. The number of rotatable bonds is 3. The highest BCUT2D eigenvalue weighted by Crippen LogP contribution is 2.21. The van der Waals surface area contributed by atoms with Gasteiger partial charge in [-0.3, -0.25) is 4.79 Å². The zero-order chi connectivity index (χ0) is 14.5. The zero-order valence-corrected chi connectivity index (χ0v) is 12.3. The van der Waals surface area contributed by atoms with Crippen LogP contribution >= 0.6 is 11.3 Å². The minimum Gasteiger partial charge on any atom is -0.378 e.